The van der Waals surface area contributed by atoms with E-state index in [1.807, 2.05) is 6.07 Å². The molecule has 2 rings (SSSR count). The maximum Gasteiger partial charge on any atom is 0.0545 e. The summed E-state index contributed by atoms with van der Waals surface area (Å²) < 4.78 is 5.50. The van der Waals surface area contributed by atoms with Crippen molar-refractivity contribution < 1.29 is 4.74 Å². The second-order valence-corrected chi connectivity index (χ2v) is 6.17. The van der Waals surface area contributed by atoms with Crippen molar-refractivity contribution in [3.05, 3.63) is 21.3 Å². The summed E-state index contributed by atoms with van der Waals surface area (Å²) in [5.41, 5.74) is 0.336. The number of halogens is 1. The summed E-state index contributed by atoms with van der Waals surface area (Å²) in [5.74, 6) is 0. The van der Waals surface area contributed by atoms with Crippen LogP contribution < -0.4 is 5.32 Å². The van der Waals surface area contributed by atoms with Crippen LogP contribution >= 0.6 is 22.9 Å². The molecule has 0 amide bonds. The fraction of sp³-hybridized carbons (Fsp3) is 0.692. The Kier molecular flexibility index (Phi) is 4.86. The molecular weight excluding hydrogens is 254 g/mol. The van der Waals surface area contributed by atoms with Gasteiger partial charge in [-0.1, -0.05) is 18.5 Å². The van der Waals surface area contributed by atoms with Crippen LogP contribution in [0.25, 0.3) is 0 Å². The highest BCUT2D eigenvalue weighted by atomic mass is 35.5. The molecule has 2 heterocycles. The lowest BCUT2D eigenvalue weighted by Crippen LogP contribution is -2.40. The lowest BCUT2D eigenvalue weighted by atomic mass is 9.76. The van der Waals surface area contributed by atoms with Crippen LogP contribution in [0.5, 0.6) is 0 Å². The summed E-state index contributed by atoms with van der Waals surface area (Å²) in [6.45, 7) is 6.02. The molecule has 0 bridgehead atoms. The first-order valence-electron chi connectivity index (χ1n) is 6.26. The van der Waals surface area contributed by atoms with Gasteiger partial charge in [-0.2, -0.15) is 0 Å². The Bertz CT molecular complexity index is 347. The first-order chi connectivity index (χ1) is 8.26. The van der Waals surface area contributed by atoms with Crippen molar-refractivity contribution in [2.24, 2.45) is 5.41 Å². The SMILES string of the molecule is CCNCC1(Cc2sccc2Cl)CCOCC1. The Hall–Kier alpha value is -0.0900. The minimum absolute atomic E-state index is 0.336. The van der Waals surface area contributed by atoms with Gasteiger partial charge in [-0.3, -0.25) is 0 Å². The van der Waals surface area contributed by atoms with E-state index in [-0.39, 0.29) is 0 Å². The zero-order valence-corrected chi connectivity index (χ0v) is 11.9. The van der Waals surface area contributed by atoms with Gasteiger partial charge in [0.1, 0.15) is 0 Å². The highest BCUT2D eigenvalue weighted by Gasteiger charge is 2.33. The van der Waals surface area contributed by atoms with Gasteiger partial charge in [0.05, 0.1) is 5.02 Å². The van der Waals surface area contributed by atoms with Crippen LogP contribution in [0.1, 0.15) is 24.6 Å². The van der Waals surface area contributed by atoms with Gasteiger partial charge in [-0.25, -0.2) is 0 Å². The van der Waals surface area contributed by atoms with Crippen LogP contribution in [0.15, 0.2) is 11.4 Å². The number of ether oxygens (including phenoxy) is 1. The second kappa shape index (κ2) is 6.19. The quantitative estimate of drug-likeness (QED) is 0.888. The monoisotopic (exact) mass is 273 g/mol. The van der Waals surface area contributed by atoms with Gasteiger partial charge >= 0.3 is 0 Å². The van der Waals surface area contributed by atoms with Crippen LogP contribution in [-0.2, 0) is 11.2 Å². The van der Waals surface area contributed by atoms with Gasteiger partial charge in [-0.15, -0.1) is 11.3 Å². The predicted octanol–water partition coefficient (Wildman–Crippen LogP) is 3.35. The molecule has 0 radical (unpaired) electrons. The van der Waals surface area contributed by atoms with Gasteiger partial charge in [-0.05, 0) is 42.7 Å². The molecule has 0 atom stereocenters. The predicted molar refractivity (Wildman–Crippen MR) is 74.1 cm³/mol. The van der Waals surface area contributed by atoms with Gasteiger partial charge < -0.3 is 10.1 Å². The van der Waals surface area contributed by atoms with E-state index in [0.29, 0.717) is 5.41 Å². The molecule has 1 aromatic heterocycles. The van der Waals surface area contributed by atoms with Crippen molar-refractivity contribution in [2.45, 2.75) is 26.2 Å². The summed E-state index contributed by atoms with van der Waals surface area (Å²) in [5, 5.41) is 6.51. The zero-order chi connectivity index (χ0) is 12.1. The lowest BCUT2D eigenvalue weighted by Gasteiger charge is -2.37. The van der Waals surface area contributed by atoms with Crippen LogP contribution in [0, 0.1) is 5.41 Å². The summed E-state index contributed by atoms with van der Waals surface area (Å²) in [6.07, 6.45) is 3.35. The van der Waals surface area contributed by atoms with E-state index in [4.69, 9.17) is 16.3 Å². The number of hydrogen-bond donors (Lipinski definition) is 1. The molecule has 1 N–H and O–H groups in total. The van der Waals surface area contributed by atoms with Crippen LogP contribution in [0.3, 0.4) is 0 Å². The Morgan fingerprint density at radius 2 is 2.24 bits per heavy atom. The molecule has 0 saturated carbocycles. The maximum absolute atomic E-state index is 6.21. The number of rotatable bonds is 5. The van der Waals surface area contributed by atoms with E-state index in [9.17, 15) is 0 Å². The molecule has 17 heavy (non-hydrogen) atoms. The molecule has 4 heteroatoms. The van der Waals surface area contributed by atoms with Gasteiger partial charge in [0.15, 0.2) is 0 Å². The van der Waals surface area contributed by atoms with Crippen molar-refractivity contribution in [2.75, 3.05) is 26.3 Å². The average Bonchev–Trinajstić information content (AvgIpc) is 2.74. The molecule has 0 aromatic carbocycles. The minimum Gasteiger partial charge on any atom is -0.381 e. The standard InChI is InChI=1S/C13H20ClNOS/c1-2-15-10-13(4-6-16-7-5-13)9-12-11(14)3-8-17-12/h3,8,15H,2,4-7,9-10H2,1H3. The Morgan fingerprint density at radius 1 is 1.47 bits per heavy atom. The minimum atomic E-state index is 0.336. The maximum atomic E-state index is 6.21. The van der Waals surface area contributed by atoms with Crippen molar-refractivity contribution >= 4 is 22.9 Å². The Morgan fingerprint density at radius 3 is 2.82 bits per heavy atom. The van der Waals surface area contributed by atoms with Crippen molar-refractivity contribution in [3.8, 4) is 0 Å². The molecule has 1 saturated heterocycles. The Balaban J connectivity index is 2.07. The smallest absolute Gasteiger partial charge is 0.0545 e. The molecular formula is C13H20ClNOS. The molecule has 1 fully saturated rings. The fourth-order valence-electron chi connectivity index (χ4n) is 2.40. The fourth-order valence-corrected chi connectivity index (χ4v) is 3.68. The summed E-state index contributed by atoms with van der Waals surface area (Å²) in [6, 6.07) is 2.00. The van der Waals surface area contributed by atoms with Crippen molar-refractivity contribution in [1.29, 1.82) is 0 Å². The average molecular weight is 274 g/mol. The molecule has 1 aliphatic rings. The van der Waals surface area contributed by atoms with Gasteiger partial charge in [0.25, 0.3) is 0 Å². The number of hydrogen-bond acceptors (Lipinski definition) is 3. The van der Waals surface area contributed by atoms with Gasteiger partial charge in [0, 0.05) is 24.6 Å². The number of nitrogens with one attached hydrogen (secondary N) is 1. The highest BCUT2D eigenvalue weighted by molar-refractivity contribution is 7.10. The van der Waals surface area contributed by atoms with E-state index in [1.165, 1.54) is 4.88 Å². The highest BCUT2D eigenvalue weighted by Crippen LogP contribution is 2.37. The Labute approximate surface area is 112 Å². The first-order valence-corrected chi connectivity index (χ1v) is 7.52. The van der Waals surface area contributed by atoms with Crippen LogP contribution in [-0.4, -0.2) is 26.3 Å². The zero-order valence-electron chi connectivity index (χ0n) is 10.3. The molecule has 2 nitrogen and oxygen atoms in total. The topological polar surface area (TPSA) is 21.3 Å². The van der Waals surface area contributed by atoms with Crippen LogP contribution in [0.4, 0.5) is 0 Å². The molecule has 96 valence electrons. The third kappa shape index (κ3) is 3.44. The van der Waals surface area contributed by atoms with Gasteiger partial charge in [0.2, 0.25) is 0 Å². The first kappa shape index (κ1) is 13.3. The van der Waals surface area contributed by atoms with E-state index in [2.05, 4.69) is 17.6 Å². The summed E-state index contributed by atoms with van der Waals surface area (Å²) >= 11 is 7.99. The summed E-state index contributed by atoms with van der Waals surface area (Å²) in [4.78, 5) is 1.33. The number of thiophene rings is 1. The van der Waals surface area contributed by atoms with Crippen molar-refractivity contribution in [3.63, 3.8) is 0 Å². The second-order valence-electron chi connectivity index (χ2n) is 4.76. The van der Waals surface area contributed by atoms with Crippen molar-refractivity contribution in [1.82, 2.24) is 5.32 Å². The lowest BCUT2D eigenvalue weighted by molar-refractivity contribution is 0.0155. The summed E-state index contributed by atoms with van der Waals surface area (Å²) in [7, 11) is 0. The van der Waals surface area contributed by atoms with E-state index < -0.39 is 0 Å². The third-order valence-electron chi connectivity index (χ3n) is 3.53. The molecule has 0 spiro atoms. The van der Waals surface area contributed by atoms with E-state index in [0.717, 1.165) is 50.6 Å². The van der Waals surface area contributed by atoms with E-state index >= 15 is 0 Å². The molecule has 0 aliphatic carbocycles. The molecule has 1 aliphatic heterocycles. The molecule has 1 aromatic rings. The largest absolute Gasteiger partial charge is 0.381 e. The normalized spacial score (nSPS) is 19.4. The molecule has 0 unspecified atom stereocenters. The third-order valence-corrected chi connectivity index (χ3v) is 4.92. The van der Waals surface area contributed by atoms with Crippen LogP contribution in [0.2, 0.25) is 5.02 Å². The van der Waals surface area contributed by atoms with E-state index in [1.54, 1.807) is 11.3 Å².